The van der Waals surface area contributed by atoms with Gasteiger partial charge < -0.3 is 4.74 Å². The number of halogens is 1. The third-order valence-corrected chi connectivity index (χ3v) is 5.26. The van der Waals surface area contributed by atoms with Crippen molar-refractivity contribution < 1.29 is 13.9 Å². The largest absolute Gasteiger partial charge is 0.425 e. The van der Waals surface area contributed by atoms with E-state index in [4.69, 9.17) is 4.74 Å². The number of hydrogen-bond acceptors (Lipinski definition) is 2. The fourth-order valence-corrected chi connectivity index (χ4v) is 3.49. The Morgan fingerprint density at radius 1 is 0.741 bits per heavy atom. The quantitative estimate of drug-likeness (QED) is 0.119. The number of carbonyl (C=O) groups excluding carboxylic acids is 1. The van der Waals surface area contributed by atoms with Crippen LogP contribution in [0.3, 0.4) is 0 Å². The maximum absolute atomic E-state index is 15.0. The van der Waals surface area contributed by atoms with E-state index in [1.807, 2.05) is 0 Å². The molecule has 1 atom stereocenters. The molecule has 1 unspecified atom stereocenters. The Labute approximate surface area is 168 Å². The predicted octanol–water partition coefficient (Wildman–Crippen LogP) is 8.44. The van der Waals surface area contributed by atoms with Crippen molar-refractivity contribution in [3.63, 3.8) is 0 Å². The first kappa shape index (κ1) is 26.1. The number of hydrogen-bond donors (Lipinski definition) is 0. The molecule has 0 aliphatic heterocycles. The highest BCUT2D eigenvalue weighted by atomic mass is 19.2. The summed E-state index contributed by atoms with van der Waals surface area (Å²) in [6.07, 6.45) is 20.5. The standard InChI is InChI=1S/C24H45FO2/c1-4-7-9-11-12-13-14-15-16-18-20-22-24(25,27-23(26)6-3)21-19-17-10-8-5-2/h6H,3-5,7-22H2,1-2H3. The number of ether oxygens (including phenoxy) is 1. The van der Waals surface area contributed by atoms with E-state index in [2.05, 4.69) is 20.4 Å². The summed E-state index contributed by atoms with van der Waals surface area (Å²) in [5, 5.41) is 0. The van der Waals surface area contributed by atoms with Crippen molar-refractivity contribution in [2.24, 2.45) is 0 Å². The van der Waals surface area contributed by atoms with E-state index in [0.29, 0.717) is 12.8 Å². The summed E-state index contributed by atoms with van der Waals surface area (Å²) in [6.45, 7) is 7.80. The minimum Gasteiger partial charge on any atom is -0.425 e. The van der Waals surface area contributed by atoms with Gasteiger partial charge in [0.25, 0.3) is 5.85 Å². The zero-order chi connectivity index (χ0) is 20.2. The first-order valence-corrected chi connectivity index (χ1v) is 11.6. The molecular formula is C24H45FO2. The van der Waals surface area contributed by atoms with Crippen LogP contribution < -0.4 is 0 Å². The van der Waals surface area contributed by atoms with Crippen molar-refractivity contribution >= 4 is 5.97 Å². The topological polar surface area (TPSA) is 26.3 Å². The number of carbonyl (C=O) groups is 1. The van der Waals surface area contributed by atoms with Crippen molar-refractivity contribution in [1.29, 1.82) is 0 Å². The second-order valence-electron chi connectivity index (χ2n) is 7.96. The van der Waals surface area contributed by atoms with Gasteiger partial charge in [0.05, 0.1) is 0 Å². The lowest BCUT2D eigenvalue weighted by Gasteiger charge is -2.25. The molecule has 0 spiro atoms. The molecule has 0 rings (SSSR count). The summed E-state index contributed by atoms with van der Waals surface area (Å²) in [7, 11) is 0. The molecule has 0 heterocycles. The highest BCUT2D eigenvalue weighted by Gasteiger charge is 2.32. The molecule has 160 valence electrons. The average Bonchev–Trinajstić information content (AvgIpc) is 2.66. The maximum atomic E-state index is 15.0. The van der Waals surface area contributed by atoms with Gasteiger partial charge in [-0.1, -0.05) is 110 Å². The Balaban J connectivity index is 3.87. The Morgan fingerprint density at radius 3 is 1.41 bits per heavy atom. The van der Waals surface area contributed by atoms with E-state index in [-0.39, 0.29) is 0 Å². The van der Waals surface area contributed by atoms with E-state index in [0.717, 1.165) is 44.6 Å². The lowest BCUT2D eigenvalue weighted by atomic mass is 10.00. The zero-order valence-corrected chi connectivity index (χ0v) is 18.2. The number of unbranched alkanes of at least 4 members (excludes halogenated alkanes) is 14. The monoisotopic (exact) mass is 384 g/mol. The van der Waals surface area contributed by atoms with Crippen LogP contribution in [0.5, 0.6) is 0 Å². The summed E-state index contributed by atoms with van der Waals surface area (Å²) in [6, 6.07) is 0. The van der Waals surface area contributed by atoms with Crippen molar-refractivity contribution in [2.75, 3.05) is 0 Å². The van der Waals surface area contributed by atoms with Gasteiger partial charge in [0.2, 0.25) is 0 Å². The number of esters is 1. The number of alkyl halides is 1. The minimum absolute atomic E-state index is 0.314. The van der Waals surface area contributed by atoms with Gasteiger partial charge >= 0.3 is 5.97 Å². The predicted molar refractivity (Wildman–Crippen MR) is 115 cm³/mol. The smallest absolute Gasteiger partial charge is 0.332 e. The second kappa shape index (κ2) is 18.5. The molecule has 0 saturated carbocycles. The molecule has 0 aromatic carbocycles. The van der Waals surface area contributed by atoms with Crippen LogP contribution in [-0.4, -0.2) is 11.8 Å². The van der Waals surface area contributed by atoms with Crippen LogP contribution in [0.15, 0.2) is 12.7 Å². The van der Waals surface area contributed by atoms with E-state index < -0.39 is 11.8 Å². The minimum atomic E-state index is -1.81. The first-order chi connectivity index (χ1) is 13.1. The van der Waals surface area contributed by atoms with Crippen LogP contribution in [0, 0.1) is 0 Å². The summed E-state index contributed by atoms with van der Waals surface area (Å²) >= 11 is 0. The van der Waals surface area contributed by atoms with Crippen molar-refractivity contribution in [1.82, 2.24) is 0 Å². The Hall–Kier alpha value is -0.860. The van der Waals surface area contributed by atoms with Gasteiger partial charge in [0.1, 0.15) is 0 Å². The van der Waals surface area contributed by atoms with Gasteiger partial charge in [-0.05, 0) is 12.8 Å². The average molecular weight is 385 g/mol. The van der Waals surface area contributed by atoms with Crippen LogP contribution >= 0.6 is 0 Å². The maximum Gasteiger partial charge on any atom is 0.332 e. The molecule has 3 heteroatoms. The van der Waals surface area contributed by atoms with E-state index in [9.17, 15) is 4.79 Å². The van der Waals surface area contributed by atoms with Crippen LogP contribution in [-0.2, 0) is 9.53 Å². The van der Waals surface area contributed by atoms with E-state index in [1.54, 1.807) is 0 Å². The van der Waals surface area contributed by atoms with Crippen LogP contribution in [0.2, 0.25) is 0 Å². The van der Waals surface area contributed by atoms with E-state index >= 15 is 4.39 Å². The summed E-state index contributed by atoms with van der Waals surface area (Å²) in [4.78, 5) is 11.5. The summed E-state index contributed by atoms with van der Waals surface area (Å²) in [5.74, 6) is -2.45. The molecule has 0 aliphatic carbocycles. The van der Waals surface area contributed by atoms with E-state index in [1.165, 1.54) is 64.2 Å². The lowest BCUT2D eigenvalue weighted by Crippen LogP contribution is -2.29. The van der Waals surface area contributed by atoms with Gasteiger partial charge in [0, 0.05) is 18.9 Å². The Morgan fingerprint density at radius 2 is 1.07 bits per heavy atom. The van der Waals surface area contributed by atoms with Gasteiger partial charge in [-0.25, -0.2) is 4.79 Å². The molecule has 27 heavy (non-hydrogen) atoms. The molecule has 0 aliphatic rings. The lowest BCUT2D eigenvalue weighted by molar-refractivity contribution is -0.180. The molecule has 0 amide bonds. The van der Waals surface area contributed by atoms with Crippen molar-refractivity contribution in [3.8, 4) is 0 Å². The van der Waals surface area contributed by atoms with Crippen LogP contribution in [0.1, 0.15) is 129 Å². The summed E-state index contributed by atoms with van der Waals surface area (Å²) in [5.41, 5.74) is 0. The van der Waals surface area contributed by atoms with Crippen LogP contribution in [0.4, 0.5) is 4.39 Å². The second-order valence-corrected chi connectivity index (χ2v) is 7.96. The van der Waals surface area contributed by atoms with Crippen molar-refractivity contribution in [2.45, 2.75) is 135 Å². The molecule has 0 bridgehead atoms. The number of rotatable bonds is 20. The summed E-state index contributed by atoms with van der Waals surface area (Å²) < 4.78 is 20.1. The van der Waals surface area contributed by atoms with Gasteiger partial charge in [-0.3, -0.25) is 0 Å². The normalized spacial score (nSPS) is 13.3. The third-order valence-electron chi connectivity index (χ3n) is 5.26. The molecule has 0 aromatic heterocycles. The molecule has 0 N–H and O–H groups in total. The van der Waals surface area contributed by atoms with Gasteiger partial charge in [-0.15, -0.1) is 0 Å². The van der Waals surface area contributed by atoms with Gasteiger partial charge in [0.15, 0.2) is 0 Å². The fourth-order valence-electron chi connectivity index (χ4n) is 3.49. The molecule has 0 radical (unpaired) electrons. The highest BCUT2D eigenvalue weighted by molar-refractivity contribution is 5.81. The molecule has 2 nitrogen and oxygen atoms in total. The van der Waals surface area contributed by atoms with Gasteiger partial charge in [-0.2, -0.15) is 4.39 Å². The third kappa shape index (κ3) is 17.0. The molecule has 0 aromatic rings. The molecule has 0 saturated heterocycles. The highest BCUT2D eigenvalue weighted by Crippen LogP contribution is 2.29. The first-order valence-electron chi connectivity index (χ1n) is 11.6. The molecular weight excluding hydrogens is 339 g/mol. The zero-order valence-electron chi connectivity index (χ0n) is 18.2. The van der Waals surface area contributed by atoms with Crippen molar-refractivity contribution in [3.05, 3.63) is 12.7 Å². The van der Waals surface area contributed by atoms with Crippen LogP contribution in [0.25, 0.3) is 0 Å². The Bertz CT molecular complexity index is 356. The fraction of sp³-hybridized carbons (Fsp3) is 0.875. The molecule has 0 fully saturated rings. The SMILES string of the molecule is C=CC(=O)OC(F)(CCCCCCC)CCCCCCCCCCCCC. The Kier molecular flexibility index (Phi) is 17.9.